The van der Waals surface area contributed by atoms with E-state index in [-0.39, 0.29) is 81.5 Å². The Morgan fingerprint density at radius 2 is 1.59 bits per heavy atom. The predicted molar refractivity (Wildman–Crippen MR) is 305 cm³/mol. The molecule has 3 fully saturated rings. The molecule has 1 aromatic rings. The molecule has 5 N–H and O–H groups in total. The average Bonchev–Trinajstić information content (AvgIpc) is 3.19. The zero-order chi connectivity index (χ0) is 61.1. The molecule has 3 aliphatic heterocycles. The zero-order valence-electron chi connectivity index (χ0n) is 49.8. The van der Waals surface area contributed by atoms with Crippen molar-refractivity contribution in [1.82, 2.24) is 10.2 Å². The van der Waals surface area contributed by atoms with Crippen molar-refractivity contribution in [2.75, 3.05) is 20.8 Å². The van der Waals surface area contributed by atoms with Crippen LogP contribution in [0.2, 0.25) is 0 Å². The fourth-order valence-electron chi connectivity index (χ4n) is 11.7. The van der Waals surface area contributed by atoms with Crippen molar-refractivity contribution >= 4 is 47.3 Å². The molecule has 4 aliphatic rings. The number of ether oxygens (including phenoxy) is 6. The van der Waals surface area contributed by atoms with E-state index in [0.717, 1.165) is 10.5 Å². The fourth-order valence-corrected chi connectivity index (χ4v) is 11.7. The number of amides is 2. The van der Waals surface area contributed by atoms with Crippen LogP contribution >= 0.6 is 0 Å². The number of fused-ring (bicyclic) bond motifs is 3. The number of esters is 2. The zero-order valence-corrected chi connectivity index (χ0v) is 49.8. The Hall–Kier alpha value is -5.90. The summed E-state index contributed by atoms with van der Waals surface area (Å²) in [5.41, 5.74) is 1.85. The summed E-state index contributed by atoms with van der Waals surface area (Å²) in [5, 5.41) is 46.9. The molecule has 20 heteroatoms. The van der Waals surface area contributed by atoms with Gasteiger partial charge < -0.3 is 59.1 Å². The third kappa shape index (κ3) is 19.6. The molecule has 460 valence electrons. The van der Waals surface area contributed by atoms with Gasteiger partial charge in [0.05, 0.1) is 18.3 Å². The highest BCUT2D eigenvalue weighted by atomic mass is 16.6. The quantitative estimate of drug-likeness (QED) is 0.0563. The van der Waals surface area contributed by atoms with E-state index in [0.29, 0.717) is 56.1 Å². The Kier molecular flexibility index (Phi) is 26.5. The first kappa shape index (κ1) is 67.9. The number of hydrogen-bond donors (Lipinski definition) is 5. The maximum absolute atomic E-state index is 14.6. The Bertz CT molecular complexity index is 2510. The molecule has 1 aromatic carbocycles. The minimum Gasteiger partial charge on any atom is -0.480 e. The predicted octanol–water partition coefficient (Wildman–Crippen LogP) is 7.24. The number of nitrogens with one attached hydrogen (secondary N) is 1. The lowest BCUT2D eigenvalue weighted by atomic mass is 9.78. The average molecular weight is 1160 g/mol. The van der Waals surface area contributed by atoms with Crippen LogP contribution in [0.15, 0.2) is 77.9 Å². The Morgan fingerprint density at radius 3 is 2.27 bits per heavy atom. The topological polar surface area (TPSA) is 288 Å². The number of piperidine rings is 1. The summed E-state index contributed by atoms with van der Waals surface area (Å²) < 4.78 is 34.6. The molecule has 0 spiro atoms. The second kappa shape index (κ2) is 32.4. The first-order chi connectivity index (χ1) is 39.4. The molecule has 1 aliphatic carbocycles. The van der Waals surface area contributed by atoms with Gasteiger partial charge >= 0.3 is 24.0 Å². The number of aliphatic hydroxyl groups excluding tert-OH is 2. The van der Waals surface area contributed by atoms with E-state index < -0.39 is 120 Å². The molecule has 5 rings (SSSR count). The van der Waals surface area contributed by atoms with Gasteiger partial charge in [-0.3, -0.25) is 24.0 Å². The highest BCUT2D eigenvalue weighted by Gasteiger charge is 2.53. The van der Waals surface area contributed by atoms with Gasteiger partial charge in [-0.2, -0.15) is 0 Å². The highest BCUT2D eigenvalue weighted by Crippen LogP contribution is 2.38. The number of carbonyl (C=O) groups is 8. The van der Waals surface area contributed by atoms with Gasteiger partial charge in [0.1, 0.15) is 48.9 Å². The maximum atomic E-state index is 14.6. The number of hydrogen-bond acceptors (Lipinski definition) is 17. The molecular formula is C63H90N2O18. The summed E-state index contributed by atoms with van der Waals surface area (Å²) in [6.07, 6.45) is 5.93. The molecule has 2 bridgehead atoms. The number of carboxylic acid groups (broad SMARTS) is 1. The minimum absolute atomic E-state index is 0.00841. The van der Waals surface area contributed by atoms with E-state index in [2.05, 4.69) is 5.32 Å². The number of cyclic esters (lactones) is 1. The number of Topliss-reactive ketones (excluding diaryl/α,β-unsaturated/α-hetero) is 3. The summed E-state index contributed by atoms with van der Waals surface area (Å²) >= 11 is 0. The highest BCUT2D eigenvalue weighted by molar-refractivity contribution is 6.39. The number of rotatable bonds is 13. The molecule has 2 amide bonds. The third-order valence-corrected chi connectivity index (χ3v) is 16.9. The number of benzene rings is 1. The van der Waals surface area contributed by atoms with Crippen LogP contribution in [0.4, 0.5) is 4.79 Å². The van der Waals surface area contributed by atoms with E-state index >= 15 is 0 Å². The number of aliphatic hydroxyl groups is 3. The lowest BCUT2D eigenvalue weighted by molar-refractivity contribution is -0.265. The van der Waals surface area contributed by atoms with Crippen LogP contribution in [-0.2, 0) is 68.6 Å². The van der Waals surface area contributed by atoms with E-state index in [1.807, 2.05) is 44.2 Å². The number of carbonyl (C=O) groups excluding carboxylic acids is 7. The second-order valence-electron chi connectivity index (χ2n) is 23.5. The summed E-state index contributed by atoms with van der Waals surface area (Å²) in [6, 6.07) is 6.09. The molecule has 16 atom stereocenters. The largest absolute Gasteiger partial charge is 0.480 e. The van der Waals surface area contributed by atoms with Gasteiger partial charge in [-0.15, -0.1) is 0 Å². The van der Waals surface area contributed by atoms with Crippen LogP contribution in [0, 0.1) is 35.5 Å². The van der Waals surface area contributed by atoms with Crippen LogP contribution < -0.4 is 5.32 Å². The molecule has 20 nitrogen and oxygen atoms in total. The molecule has 2 saturated heterocycles. The first-order valence-corrected chi connectivity index (χ1v) is 29.4. The van der Waals surface area contributed by atoms with E-state index in [4.69, 9.17) is 28.4 Å². The molecular weight excluding hydrogens is 1070 g/mol. The lowest BCUT2D eigenvalue weighted by Gasteiger charge is -2.42. The summed E-state index contributed by atoms with van der Waals surface area (Å²) in [4.78, 5) is 110. The van der Waals surface area contributed by atoms with Gasteiger partial charge in [0, 0.05) is 57.8 Å². The van der Waals surface area contributed by atoms with Crippen molar-refractivity contribution in [2.24, 2.45) is 35.5 Å². The van der Waals surface area contributed by atoms with Gasteiger partial charge in [0.15, 0.2) is 5.78 Å². The molecule has 3 heterocycles. The van der Waals surface area contributed by atoms with Crippen LogP contribution in [0.25, 0.3) is 0 Å². The van der Waals surface area contributed by atoms with Crippen LogP contribution in [0.3, 0.4) is 0 Å². The van der Waals surface area contributed by atoms with E-state index in [9.17, 15) is 58.8 Å². The molecule has 0 aromatic heterocycles. The molecule has 1 saturated carbocycles. The minimum atomic E-state index is -2.50. The number of nitrogens with zero attached hydrogens (tertiary/aromatic N) is 1. The fraction of sp³-hybridized carbons (Fsp3) is 0.651. The second-order valence-corrected chi connectivity index (χ2v) is 23.5. The monoisotopic (exact) mass is 1160 g/mol. The number of carboxylic acids is 1. The molecule has 83 heavy (non-hydrogen) atoms. The van der Waals surface area contributed by atoms with Gasteiger partial charge in [-0.25, -0.2) is 14.4 Å². The van der Waals surface area contributed by atoms with Gasteiger partial charge in [0.25, 0.3) is 11.7 Å². The SMILES string of the molecule is CO[C@H]1C[C@@H]2CC[C@@H](C)[C@@](O)(O2)C(=O)C(=O)N2CCCC[C@H]2C(=O)O[C@H]([C@H](C)C[C@@H]2CC[C@@H](OC(=O)CC[C@H](NC(=O)OCc3ccccc3)C(=O)O)[C@H](O)C2)CC(=O)[C@H](C)/C=C(\C)[C@@H](O)[C@@H](OC)C(=O)[C@H](C)C[C@H](C)\C=C/C=C/C=C/1C. The van der Waals surface area contributed by atoms with Crippen LogP contribution in [0.1, 0.15) is 144 Å². The summed E-state index contributed by atoms with van der Waals surface area (Å²) in [7, 11) is 2.89. The number of aliphatic carboxylic acids is 1. The van der Waals surface area contributed by atoms with Crippen LogP contribution in [-0.4, -0.2) is 154 Å². The molecule has 0 unspecified atom stereocenters. The van der Waals surface area contributed by atoms with Crippen molar-refractivity contribution < 1.29 is 87.2 Å². The Labute approximate surface area is 488 Å². The Balaban J connectivity index is 1.35. The van der Waals surface area contributed by atoms with E-state index in [1.165, 1.54) is 7.11 Å². The van der Waals surface area contributed by atoms with Crippen molar-refractivity contribution in [3.05, 3.63) is 83.5 Å². The van der Waals surface area contributed by atoms with Crippen molar-refractivity contribution in [1.29, 1.82) is 0 Å². The summed E-state index contributed by atoms with van der Waals surface area (Å²) in [6.45, 7) is 12.2. The number of alkyl carbamates (subject to hydrolysis) is 1. The normalized spacial score (nSPS) is 34.3. The maximum Gasteiger partial charge on any atom is 0.408 e. The Morgan fingerprint density at radius 1 is 0.867 bits per heavy atom. The van der Waals surface area contributed by atoms with Crippen molar-refractivity contribution in [3.63, 3.8) is 0 Å². The van der Waals surface area contributed by atoms with Gasteiger partial charge in [-0.1, -0.05) is 101 Å². The standard InChI is InChI=1S/C63H90N2O18/c1-37-18-12-10-13-19-38(2)52(78-8)34-46-25-23-43(7)63(77,83-46)58(71)59(72)65-29-17-16-22-48(65)61(75)82-53(35-49(66)39(3)31-42(6)56(70)57(79-9)55(69)41(5)30-37)40(4)32-45-24-27-51(50(67)33-45)81-54(68)28-26-47(60(73)74)64-62(76)80-36-44-20-14-11-15-21-44/h10-15,18-21,31,37,39-41,43,45-48,50-53,56-57,67,70,77H,16-17,22-30,32-36H2,1-9H3,(H,64,76)(H,73,74)/b13-10+,18-12-,38-19+,42-31+/t37-,39-,40-,41-,43-,45+,46+,47+,48+,50-,51-,52+,53+,56-,57+,63-/m1/s1. The lowest BCUT2D eigenvalue weighted by Crippen LogP contribution is -2.61. The van der Waals surface area contributed by atoms with Gasteiger partial charge in [0.2, 0.25) is 5.79 Å². The third-order valence-electron chi connectivity index (χ3n) is 16.9. The van der Waals surface area contributed by atoms with Crippen LogP contribution in [0.5, 0.6) is 0 Å². The van der Waals surface area contributed by atoms with Crippen molar-refractivity contribution in [3.8, 4) is 0 Å². The molecule has 0 radical (unpaired) electrons. The summed E-state index contributed by atoms with van der Waals surface area (Å²) in [5.74, 6) is -11.4. The van der Waals surface area contributed by atoms with Crippen molar-refractivity contribution in [2.45, 2.75) is 206 Å². The number of methoxy groups -OCH3 is 2. The first-order valence-electron chi connectivity index (χ1n) is 29.4. The number of allylic oxidation sites excluding steroid dienone is 6. The number of ketones is 3. The smallest absolute Gasteiger partial charge is 0.408 e. The van der Waals surface area contributed by atoms with Gasteiger partial charge in [-0.05, 0) is 119 Å². The van der Waals surface area contributed by atoms with E-state index in [1.54, 1.807) is 78.1 Å².